The average molecular weight is 373 g/mol. The van der Waals surface area contributed by atoms with Crippen LogP contribution in [0.5, 0.6) is 0 Å². The van der Waals surface area contributed by atoms with E-state index >= 15 is 0 Å². The molecule has 0 saturated heterocycles. The Morgan fingerprint density at radius 2 is 1.14 bits per heavy atom. The Morgan fingerprint density at radius 1 is 0.714 bits per heavy atom. The average Bonchev–Trinajstić information content (AvgIpc) is 3.28. The van der Waals surface area contributed by atoms with Crippen molar-refractivity contribution >= 4 is 27.8 Å². The molecule has 28 heavy (non-hydrogen) atoms. The molecule has 0 amide bonds. The van der Waals surface area contributed by atoms with Gasteiger partial charge in [0.2, 0.25) is 0 Å². The van der Waals surface area contributed by atoms with E-state index in [0.717, 1.165) is 71.7 Å². The molecule has 0 fully saturated rings. The van der Waals surface area contributed by atoms with E-state index in [4.69, 9.17) is 0 Å². The first-order valence-corrected chi connectivity index (χ1v) is 10.5. The minimum absolute atomic E-state index is 0.0413. The van der Waals surface area contributed by atoms with Gasteiger partial charge in [-0.3, -0.25) is 9.13 Å². The molecule has 0 radical (unpaired) electrons. The minimum atomic E-state index is 0.0413. The first-order chi connectivity index (χ1) is 13.7. The first kappa shape index (κ1) is 18.5. The predicted molar refractivity (Wildman–Crippen MR) is 117 cm³/mol. The molecule has 3 nitrogen and oxygen atoms in total. The third-order valence-corrected chi connectivity index (χ3v) is 5.53. The normalized spacial score (nSPS) is 11.5. The van der Waals surface area contributed by atoms with Gasteiger partial charge in [0, 0.05) is 22.2 Å². The Balaban J connectivity index is 1.90. The van der Waals surface area contributed by atoms with Gasteiger partial charge >= 0.3 is 6.03 Å². The quantitative estimate of drug-likeness (QED) is 0.366. The third kappa shape index (κ3) is 3.26. The van der Waals surface area contributed by atoms with E-state index in [-0.39, 0.29) is 6.03 Å². The molecule has 0 N–H and O–H groups in total. The van der Waals surface area contributed by atoms with Gasteiger partial charge in [-0.1, -0.05) is 63.1 Å². The highest BCUT2D eigenvalue weighted by atomic mass is 16.2. The summed E-state index contributed by atoms with van der Waals surface area (Å²) < 4.78 is 3.87. The summed E-state index contributed by atoms with van der Waals surface area (Å²) in [6.45, 7) is 4.38. The highest BCUT2D eigenvalue weighted by molar-refractivity contribution is 5.99. The largest absolute Gasteiger partial charge is 0.337 e. The van der Waals surface area contributed by atoms with E-state index < -0.39 is 0 Å². The summed E-state index contributed by atoms with van der Waals surface area (Å²) in [5.74, 6) is 0. The molecule has 2 aromatic carbocycles. The number of unbranched alkanes of at least 4 members (excludes halogenated alkanes) is 2. The van der Waals surface area contributed by atoms with Crippen LogP contribution in [-0.4, -0.2) is 15.2 Å². The van der Waals surface area contributed by atoms with Gasteiger partial charge in [-0.2, -0.15) is 0 Å². The molecule has 0 saturated carbocycles. The van der Waals surface area contributed by atoms with E-state index in [1.54, 1.807) is 0 Å². The number of carbonyl (C=O) groups excluding carboxylic acids is 1. The van der Waals surface area contributed by atoms with Crippen LogP contribution < -0.4 is 0 Å². The van der Waals surface area contributed by atoms with Crippen LogP contribution in [0.15, 0.2) is 60.7 Å². The lowest BCUT2D eigenvalue weighted by atomic mass is 10.2. The summed E-state index contributed by atoms with van der Waals surface area (Å²) in [5, 5.41) is 2.27. The lowest BCUT2D eigenvalue weighted by Crippen LogP contribution is -2.23. The van der Waals surface area contributed by atoms with Gasteiger partial charge < -0.3 is 0 Å². The molecule has 0 spiro atoms. The minimum Gasteiger partial charge on any atom is -0.266 e. The van der Waals surface area contributed by atoms with Gasteiger partial charge in [0.1, 0.15) is 0 Å². The summed E-state index contributed by atoms with van der Waals surface area (Å²) in [4.78, 5) is 13.9. The molecule has 2 aromatic heterocycles. The van der Waals surface area contributed by atoms with E-state index in [1.165, 1.54) is 0 Å². The maximum Gasteiger partial charge on any atom is 0.337 e. The number of carbonyl (C=O) groups is 1. The Bertz CT molecular complexity index is 1030. The summed E-state index contributed by atoms with van der Waals surface area (Å²) in [6, 6.07) is 20.8. The van der Waals surface area contributed by atoms with E-state index in [2.05, 4.69) is 50.2 Å². The number of nitrogens with zero attached hydrogens (tertiary/aromatic N) is 2. The Hall–Kier alpha value is -2.81. The smallest absolute Gasteiger partial charge is 0.266 e. The maximum atomic E-state index is 13.9. The standard InChI is InChI=1S/C25H28N2O/c1-3-5-13-21-17-19-11-7-9-15-23(19)26(21)25(28)27-22(14-6-4-2)18-20-12-8-10-16-24(20)27/h7-12,15-18H,3-6,13-14H2,1-2H3. The van der Waals surface area contributed by atoms with Crippen molar-refractivity contribution in [2.24, 2.45) is 0 Å². The Kier molecular flexibility index (Phi) is 5.34. The van der Waals surface area contributed by atoms with Crippen LogP contribution in [-0.2, 0) is 12.8 Å². The molecule has 0 unspecified atom stereocenters. The van der Waals surface area contributed by atoms with Crippen LogP contribution in [0.2, 0.25) is 0 Å². The van der Waals surface area contributed by atoms with Crippen LogP contribution in [0.3, 0.4) is 0 Å². The summed E-state index contributed by atoms with van der Waals surface area (Å²) >= 11 is 0. The van der Waals surface area contributed by atoms with E-state index in [9.17, 15) is 4.79 Å². The highest BCUT2D eigenvalue weighted by Crippen LogP contribution is 2.26. The second kappa shape index (κ2) is 8.05. The maximum absolute atomic E-state index is 13.9. The molecule has 0 aliphatic heterocycles. The van der Waals surface area contributed by atoms with Gasteiger partial charge in [-0.25, -0.2) is 4.79 Å². The predicted octanol–water partition coefficient (Wildman–Crippen LogP) is 6.80. The van der Waals surface area contributed by atoms with Gasteiger partial charge in [0.25, 0.3) is 0 Å². The Labute approximate surface area is 166 Å². The molecule has 3 heteroatoms. The van der Waals surface area contributed by atoms with Crippen LogP contribution in [0, 0.1) is 0 Å². The number of fused-ring (bicyclic) bond motifs is 2. The number of aromatic nitrogens is 2. The fourth-order valence-corrected chi connectivity index (χ4v) is 4.06. The lowest BCUT2D eigenvalue weighted by molar-refractivity contribution is 0.244. The molecule has 0 bridgehead atoms. The molecule has 0 aliphatic carbocycles. The topological polar surface area (TPSA) is 26.9 Å². The fourth-order valence-electron chi connectivity index (χ4n) is 4.06. The van der Waals surface area contributed by atoms with Crippen molar-refractivity contribution < 1.29 is 4.79 Å². The number of benzene rings is 2. The molecular weight excluding hydrogens is 344 g/mol. The number of hydrogen-bond donors (Lipinski definition) is 0. The van der Waals surface area contributed by atoms with Crippen molar-refractivity contribution in [2.45, 2.75) is 52.4 Å². The van der Waals surface area contributed by atoms with E-state index in [0.29, 0.717) is 0 Å². The number of hydrogen-bond acceptors (Lipinski definition) is 1. The monoisotopic (exact) mass is 372 g/mol. The molecule has 4 aromatic rings. The van der Waals surface area contributed by atoms with Crippen molar-refractivity contribution in [3.63, 3.8) is 0 Å². The summed E-state index contributed by atoms with van der Waals surface area (Å²) in [7, 11) is 0. The number of para-hydroxylation sites is 2. The molecular formula is C25H28N2O. The second-order valence-corrected chi connectivity index (χ2v) is 7.55. The fraction of sp³-hybridized carbons (Fsp3) is 0.320. The van der Waals surface area contributed by atoms with Gasteiger partial charge in [0.15, 0.2) is 0 Å². The SMILES string of the molecule is CCCCc1cc2ccccc2n1C(=O)n1c(CCCC)cc2ccccc21. The molecule has 0 aliphatic rings. The Morgan fingerprint density at radius 3 is 1.57 bits per heavy atom. The van der Waals surface area contributed by atoms with Crippen LogP contribution in [0.4, 0.5) is 4.79 Å². The summed E-state index contributed by atoms with van der Waals surface area (Å²) in [5.41, 5.74) is 4.20. The first-order valence-electron chi connectivity index (χ1n) is 10.5. The van der Waals surface area contributed by atoms with Gasteiger partial charge in [0.05, 0.1) is 11.0 Å². The van der Waals surface area contributed by atoms with Crippen LogP contribution >= 0.6 is 0 Å². The van der Waals surface area contributed by atoms with Crippen molar-refractivity contribution in [3.05, 3.63) is 72.1 Å². The molecule has 2 heterocycles. The number of rotatable bonds is 6. The second-order valence-electron chi connectivity index (χ2n) is 7.55. The molecule has 144 valence electrons. The zero-order valence-electron chi connectivity index (χ0n) is 16.8. The van der Waals surface area contributed by atoms with Crippen LogP contribution in [0.25, 0.3) is 21.8 Å². The zero-order valence-corrected chi connectivity index (χ0v) is 16.8. The lowest BCUT2D eigenvalue weighted by Gasteiger charge is -2.14. The third-order valence-electron chi connectivity index (χ3n) is 5.53. The molecule has 0 atom stereocenters. The number of aryl methyl sites for hydroxylation is 2. The summed E-state index contributed by atoms with van der Waals surface area (Å²) in [6.07, 6.45) is 6.23. The van der Waals surface area contributed by atoms with Crippen molar-refractivity contribution in [2.75, 3.05) is 0 Å². The molecule has 4 rings (SSSR count). The van der Waals surface area contributed by atoms with Crippen molar-refractivity contribution in [3.8, 4) is 0 Å². The van der Waals surface area contributed by atoms with Gasteiger partial charge in [-0.15, -0.1) is 0 Å². The van der Waals surface area contributed by atoms with Crippen molar-refractivity contribution in [1.29, 1.82) is 0 Å². The van der Waals surface area contributed by atoms with E-state index in [1.807, 2.05) is 33.4 Å². The van der Waals surface area contributed by atoms with Crippen LogP contribution in [0.1, 0.15) is 50.9 Å². The highest BCUT2D eigenvalue weighted by Gasteiger charge is 2.20. The van der Waals surface area contributed by atoms with Gasteiger partial charge in [-0.05, 0) is 49.9 Å². The zero-order chi connectivity index (χ0) is 19.5. The van der Waals surface area contributed by atoms with Crippen molar-refractivity contribution in [1.82, 2.24) is 9.13 Å².